The molecule has 28 heavy (non-hydrogen) atoms. The molecule has 5 nitrogen and oxygen atoms in total. The highest BCUT2D eigenvalue weighted by Gasteiger charge is 2.18. The van der Waals surface area contributed by atoms with Gasteiger partial charge in [0.15, 0.2) is 5.13 Å². The van der Waals surface area contributed by atoms with Crippen molar-refractivity contribution in [1.82, 2.24) is 15.3 Å². The third-order valence-electron chi connectivity index (χ3n) is 4.66. The first kappa shape index (κ1) is 20.7. The van der Waals surface area contributed by atoms with Crippen LogP contribution in [0.2, 0.25) is 5.02 Å². The molecular formula is C20H20Cl2N4OS. The number of carbonyl (C=O) groups excluding carboxylic acids is 1. The van der Waals surface area contributed by atoms with Crippen molar-refractivity contribution in [2.24, 2.45) is 0 Å². The summed E-state index contributed by atoms with van der Waals surface area (Å²) in [5, 5.41) is 7.57. The quantitative estimate of drug-likeness (QED) is 0.605. The Morgan fingerprint density at radius 1 is 1.11 bits per heavy atom. The standard InChI is InChI=1S/C20H19ClN4OS.ClH/c21-17-3-1-13(2-4-17)15-9-16(11-23-10-15)19(26)25-20-24-12-18(27-20)14-5-7-22-8-6-14;/h1-4,9-12,14,22H,5-8H2,(H,24,25,26);1H. The van der Waals surface area contributed by atoms with E-state index in [9.17, 15) is 4.79 Å². The van der Waals surface area contributed by atoms with Gasteiger partial charge < -0.3 is 5.32 Å². The van der Waals surface area contributed by atoms with E-state index in [0.29, 0.717) is 21.6 Å². The molecule has 0 unspecified atom stereocenters. The van der Waals surface area contributed by atoms with Gasteiger partial charge in [-0.3, -0.25) is 15.1 Å². The summed E-state index contributed by atoms with van der Waals surface area (Å²) in [5.41, 5.74) is 2.33. The van der Waals surface area contributed by atoms with E-state index in [-0.39, 0.29) is 18.3 Å². The fourth-order valence-corrected chi connectivity index (χ4v) is 4.28. The Morgan fingerprint density at radius 3 is 2.61 bits per heavy atom. The Balaban J connectivity index is 0.00000225. The van der Waals surface area contributed by atoms with Gasteiger partial charge in [0.05, 0.1) is 5.56 Å². The van der Waals surface area contributed by atoms with Crippen molar-refractivity contribution >= 4 is 46.4 Å². The van der Waals surface area contributed by atoms with Gasteiger partial charge >= 0.3 is 0 Å². The molecule has 1 fully saturated rings. The number of hydrogen-bond acceptors (Lipinski definition) is 5. The molecule has 4 rings (SSSR count). The van der Waals surface area contributed by atoms with Crippen molar-refractivity contribution in [1.29, 1.82) is 0 Å². The second-order valence-corrected chi connectivity index (χ2v) is 8.01. The summed E-state index contributed by atoms with van der Waals surface area (Å²) < 4.78 is 0. The number of nitrogens with zero attached hydrogens (tertiary/aromatic N) is 2. The molecule has 146 valence electrons. The van der Waals surface area contributed by atoms with Crippen molar-refractivity contribution in [3.63, 3.8) is 0 Å². The Bertz CT molecular complexity index is 939. The maximum Gasteiger partial charge on any atom is 0.259 e. The third kappa shape index (κ3) is 4.89. The van der Waals surface area contributed by atoms with Gasteiger partial charge in [-0.05, 0) is 55.6 Å². The van der Waals surface area contributed by atoms with Crippen LogP contribution in [0.15, 0.2) is 48.9 Å². The van der Waals surface area contributed by atoms with Crippen LogP contribution in [0.3, 0.4) is 0 Å². The van der Waals surface area contributed by atoms with Gasteiger partial charge in [0, 0.05) is 34.1 Å². The molecule has 0 radical (unpaired) electrons. The van der Waals surface area contributed by atoms with E-state index in [0.717, 1.165) is 37.1 Å². The van der Waals surface area contributed by atoms with Crippen LogP contribution in [0, 0.1) is 0 Å². The maximum absolute atomic E-state index is 12.6. The van der Waals surface area contributed by atoms with Crippen molar-refractivity contribution in [3.05, 3.63) is 64.4 Å². The van der Waals surface area contributed by atoms with Crippen LogP contribution in [0.4, 0.5) is 5.13 Å². The molecule has 1 aromatic carbocycles. The number of hydrogen-bond donors (Lipinski definition) is 2. The molecule has 0 saturated carbocycles. The zero-order chi connectivity index (χ0) is 18.6. The van der Waals surface area contributed by atoms with Crippen LogP contribution in [0.1, 0.15) is 34.0 Å². The molecule has 1 aliphatic heterocycles. The minimum Gasteiger partial charge on any atom is -0.317 e. The van der Waals surface area contributed by atoms with Crippen LogP contribution in [-0.4, -0.2) is 29.0 Å². The van der Waals surface area contributed by atoms with Gasteiger partial charge in [0.2, 0.25) is 0 Å². The summed E-state index contributed by atoms with van der Waals surface area (Å²) in [4.78, 5) is 22.4. The molecule has 2 N–H and O–H groups in total. The number of pyridine rings is 1. The van der Waals surface area contributed by atoms with Crippen molar-refractivity contribution in [2.75, 3.05) is 18.4 Å². The molecule has 1 saturated heterocycles. The topological polar surface area (TPSA) is 66.9 Å². The van der Waals surface area contributed by atoms with Gasteiger partial charge in [-0.25, -0.2) is 4.98 Å². The van der Waals surface area contributed by atoms with Crippen LogP contribution >= 0.6 is 35.3 Å². The lowest BCUT2D eigenvalue weighted by Crippen LogP contribution is -2.26. The number of carbonyl (C=O) groups is 1. The molecule has 1 amide bonds. The molecule has 0 spiro atoms. The van der Waals surface area contributed by atoms with Gasteiger partial charge in [0.1, 0.15) is 0 Å². The Morgan fingerprint density at radius 2 is 1.86 bits per heavy atom. The Hall–Kier alpha value is -1.99. The maximum atomic E-state index is 12.6. The normalized spacial score (nSPS) is 14.3. The van der Waals surface area contributed by atoms with Gasteiger partial charge in [-0.2, -0.15) is 0 Å². The van der Waals surface area contributed by atoms with Crippen molar-refractivity contribution < 1.29 is 4.79 Å². The molecule has 3 heterocycles. The number of aromatic nitrogens is 2. The average Bonchev–Trinajstić information content (AvgIpc) is 3.18. The second kappa shape index (κ2) is 9.47. The zero-order valence-electron chi connectivity index (χ0n) is 15.0. The molecule has 3 aromatic rings. The van der Waals surface area contributed by atoms with Crippen LogP contribution in [-0.2, 0) is 0 Å². The van der Waals surface area contributed by atoms with E-state index in [2.05, 4.69) is 20.6 Å². The lowest BCUT2D eigenvalue weighted by Gasteiger charge is -2.20. The SMILES string of the molecule is Cl.O=C(Nc1ncc(C2CCNCC2)s1)c1cncc(-c2ccc(Cl)cc2)c1. The number of benzene rings is 1. The van der Waals surface area contributed by atoms with E-state index in [1.165, 1.54) is 4.88 Å². The summed E-state index contributed by atoms with van der Waals surface area (Å²) in [6.07, 6.45) is 7.42. The zero-order valence-corrected chi connectivity index (χ0v) is 17.4. The summed E-state index contributed by atoms with van der Waals surface area (Å²) in [7, 11) is 0. The first-order valence-corrected chi connectivity index (χ1v) is 10.1. The van der Waals surface area contributed by atoms with Gasteiger partial charge in [-0.1, -0.05) is 23.7 Å². The molecule has 0 aliphatic carbocycles. The Kier molecular flexibility index (Phi) is 7.02. The first-order chi connectivity index (χ1) is 13.2. The van der Waals surface area contributed by atoms with Gasteiger partial charge in [0.25, 0.3) is 5.91 Å². The van der Waals surface area contributed by atoms with Crippen LogP contribution in [0.5, 0.6) is 0 Å². The summed E-state index contributed by atoms with van der Waals surface area (Å²) >= 11 is 7.50. The highest BCUT2D eigenvalue weighted by molar-refractivity contribution is 7.15. The van der Waals surface area contributed by atoms with E-state index < -0.39 is 0 Å². The molecule has 0 atom stereocenters. The number of piperidine rings is 1. The van der Waals surface area contributed by atoms with E-state index in [1.807, 2.05) is 36.5 Å². The Labute approximate surface area is 179 Å². The number of anilines is 1. The number of nitrogens with one attached hydrogen (secondary N) is 2. The summed E-state index contributed by atoms with van der Waals surface area (Å²) in [6.45, 7) is 2.07. The van der Waals surface area contributed by atoms with Crippen molar-refractivity contribution in [2.45, 2.75) is 18.8 Å². The van der Waals surface area contributed by atoms with E-state index in [1.54, 1.807) is 23.7 Å². The summed E-state index contributed by atoms with van der Waals surface area (Å²) in [6, 6.07) is 9.29. The first-order valence-electron chi connectivity index (χ1n) is 8.88. The summed E-state index contributed by atoms with van der Waals surface area (Å²) in [5.74, 6) is 0.328. The molecular weight excluding hydrogens is 415 g/mol. The van der Waals surface area contributed by atoms with Crippen LogP contribution < -0.4 is 10.6 Å². The number of halogens is 2. The predicted octanol–water partition coefficient (Wildman–Crippen LogP) is 5.00. The number of thiazole rings is 1. The fraction of sp³-hybridized carbons (Fsp3) is 0.250. The van der Waals surface area contributed by atoms with Crippen LogP contribution in [0.25, 0.3) is 11.1 Å². The number of amides is 1. The second-order valence-electron chi connectivity index (χ2n) is 6.52. The predicted molar refractivity (Wildman–Crippen MR) is 117 cm³/mol. The minimum absolute atomic E-state index is 0. The van der Waals surface area contributed by atoms with Crippen molar-refractivity contribution in [3.8, 4) is 11.1 Å². The number of rotatable bonds is 4. The molecule has 1 aliphatic rings. The van der Waals surface area contributed by atoms with E-state index in [4.69, 9.17) is 11.6 Å². The smallest absolute Gasteiger partial charge is 0.259 e. The monoisotopic (exact) mass is 434 g/mol. The largest absolute Gasteiger partial charge is 0.317 e. The third-order valence-corrected chi connectivity index (χ3v) is 5.99. The molecule has 2 aromatic heterocycles. The average molecular weight is 435 g/mol. The highest BCUT2D eigenvalue weighted by Crippen LogP contribution is 2.32. The van der Waals surface area contributed by atoms with E-state index >= 15 is 0 Å². The molecule has 8 heteroatoms. The lowest BCUT2D eigenvalue weighted by molar-refractivity contribution is 0.102. The minimum atomic E-state index is -0.204. The lowest BCUT2D eigenvalue weighted by atomic mass is 9.97. The highest BCUT2D eigenvalue weighted by atomic mass is 35.5. The van der Waals surface area contributed by atoms with Gasteiger partial charge in [-0.15, -0.1) is 23.7 Å². The fourth-order valence-electron chi connectivity index (χ4n) is 3.17. The molecule has 0 bridgehead atoms.